The van der Waals surface area contributed by atoms with Gasteiger partial charge in [-0.3, -0.25) is 0 Å². The first-order valence-corrected chi connectivity index (χ1v) is 10.8. The molecule has 0 bridgehead atoms. The molecule has 4 nitrogen and oxygen atoms in total. The summed E-state index contributed by atoms with van der Waals surface area (Å²) in [6.45, 7) is 7.65. The molecule has 3 aromatic rings. The van der Waals surface area contributed by atoms with E-state index in [2.05, 4.69) is 6.58 Å². The van der Waals surface area contributed by atoms with Crippen LogP contribution >= 0.6 is 0 Å². The summed E-state index contributed by atoms with van der Waals surface area (Å²) in [5.41, 5.74) is 9.76. The van der Waals surface area contributed by atoms with Crippen molar-refractivity contribution in [2.45, 2.75) is 37.3 Å². The van der Waals surface area contributed by atoms with Crippen LogP contribution in [0, 0.1) is 6.92 Å². The summed E-state index contributed by atoms with van der Waals surface area (Å²) >= 11 is 0. The highest BCUT2D eigenvalue weighted by molar-refractivity contribution is 7.90. The van der Waals surface area contributed by atoms with E-state index in [4.69, 9.17) is 5.73 Å². The van der Waals surface area contributed by atoms with E-state index in [0.717, 1.165) is 33.9 Å². The Balaban J connectivity index is 2.01. The summed E-state index contributed by atoms with van der Waals surface area (Å²) in [6.07, 6.45) is 1.41. The van der Waals surface area contributed by atoms with Gasteiger partial charge in [0.15, 0.2) is 9.84 Å². The summed E-state index contributed by atoms with van der Waals surface area (Å²) in [6, 6.07) is 13.9. The minimum absolute atomic E-state index is 0.100. The van der Waals surface area contributed by atoms with Crippen LogP contribution in [0.2, 0.25) is 0 Å². The number of hydrogen-bond donors (Lipinski definition) is 2. The SMILES string of the molecule is C=C(C)CCc1cc(S(=O)(=O)Cc2cc(O)c(C)c3ccccc23)ccc1N. The molecule has 0 heterocycles. The number of nitrogens with two attached hydrogens (primary N) is 1. The quantitative estimate of drug-likeness (QED) is 0.459. The van der Waals surface area contributed by atoms with Crippen LogP contribution in [0.3, 0.4) is 0 Å². The van der Waals surface area contributed by atoms with E-state index in [0.29, 0.717) is 17.7 Å². The topological polar surface area (TPSA) is 80.4 Å². The van der Waals surface area contributed by atoms with E-state index in [1.165, 1.54) is 0 Å². The second-order valence-corrected chi connectivity index (χ2v) is 9.29. The normalized spacial score (nSPS) is 11.6. The molecule has 0 aliphatic carbocycles. The number of aromatic hydroxyl groups is 1. The second kappa shape index (κ2) is 7.68. The second-order valence-electron chi connectivity index (χ2n) is 7.30. The lowest BCUT2D eigenvalue weighted by Gasteiger charge is -2.13. The van der Waals surface area contributed by atoms with Crippen molar-refractivity contribution in [2.24, 2.45) is 0 Å². The van der Waals surface area contributed by atoms with Crippen LogP contribution < -0.4 is 5.73 Å². The molecule has 5 heteroatoms. The zero-order valence-corrected chi connectivity index (χ0v) is 17.0. The number of fused-ring (bicyclic) bond motifs is 1. The smallest absolute Gasteiger partial charge is 0.182 e. The van der Waals surface area contributed by atoms with Crippen molar-refractivity contribution in [2.75, 3.05) is 5.73 Å². The standard InChI is InChI=1S/C23H25NO3S/c1-15(2)8-9-17-12-19(10-11-22(17)24)28(26,27)14-18-13-23(25)16(3)20-6-4-5-7-21(18)20/h4-7,10-13,25H,1,8-9,14,24H2,2-3H3. The van der Waals surface area contributed by atoms with Gasteiger partial charge in [0.2, 0.25) is 0 Å². The van der Waals surface area contributed by atoms with Crippen molar-refractivity contribution in [1.82, 2.24) is 0 Å². The fourth-order valence-electron chi connectivity index (χ4n) is 3.33. The number of benzene rings is 3. The monoisotopic (exact) mass is 395 g/mol. The van der Waals surface area contributed by atoms with Crippen LogP contribution in [-0.2, 0) is 22.0 Å². The molecular weight excluding hydrogens is 370 g/mol. The molecule has 0 unspecified atom stereocenters. The molecule has 0 saturated carbocycles. The summed E-state index contributed by atoms with van der Waals surface area (Å²) in [5, 5.41) is 11.9. The highest BCUT2D eigenvalue weighted by atomic mass is 32.2. The predicted octanol–water partition coefficient (Wildman–Crippen LogP) is 4.92. The van der Waals surface area contributed by atoms with E-state index in [1.54, 1.807) is 24.3 Å². The van der Waals surface area contributed by atoms with Crippen molar-refractivity contribution in [3.8, 4) is 5.75 Å². The number of phenols is 1. The molecule has 0 saturated heterocycles. The molecule has 0 aromatic heterocycles. The third kappa shape index (κ3) is 4.04. The number of anilines is 1. The minimum atomic E-state index is -3.60. The van der Waals surface area contributed by atoms with Gasteiger partial charge in [-0.15, -0.1) is 6.58 Å². The van der Waals surface area contributed by atoms with Crippen LogP contribution in [0.5, 0.6) is 5.75 Å². The lowest BCUT2D eigenvalue weighted by atomic mass is 10.0. The van der Waals surface area contributed by atoms with Crippen LogP contribution in [0.15, 0.2) is 65.6 Å². The molecule has 0 atom stereocenters. The average Bonchev–Trinajstić information content (AvgIpc) is 2.65. The Kier molecular flexibility index (Phi) is 5.47. The first-order valence-electron chi connectivity index (χ1n) is 9.15. The highest BCUT2D eigenvalue weighted by Gasteiger charge is 2.19. The van der Waals surface area contributed by atoms with E-state index in [1.807, 2.05) is 38.1 Å². The average molecular weight is 396 g/mol. The molecule has 0 fully saturated rings. The number of hydrogen-bond acceptors (Lipinski definition) is 4. The Bertz CT molecular complexity index is 1160. The van der Waals surface area contributed by atoms with Gasteiger partial charge < -0.3 is 10.8 Å². The molecule has 3 N–H and O–H groups in total. The molecule has 0 amide bonds. The number of aryl methyl sites for hydroxylation is 2. The van der Waals surface area contributed by atoms with Gasteiger partial charge >= 0.3 is 0 Å². The van der Waals surface area contributed by atoms with Crippen molar-refractivity contribution in [3.63, 3.8) is 0 Å². The number of allylic oxidation sites excluding steroid dienone is 1. The Hall–Kier alpha value is -2.79. The van der Waals surface area contributed by atoms with Gasteiger partial charge in [0.1, 0.15) is 5.75 Å². The lowest BCUT2D eigenvalue weighted by molar-refractivity contribution is 0.471. The van der Waals surface area contributed by atoms with Crippen molar-refractivity contribution < 1.29 is 13.5 Å². The van der Waals surface area contributed by atoms with Crippen molar-refractivity contribution in [3.05, 3.63) is 77.4 Å². The van der Waals surface area contributed by atoms with Gasteiger partial charge in [-0.2, -0.15) is 0 Å². The fourth-order valence-corrected chi connectivity index (χ4v) is 4.74. The Morgan fingerprint density at radius 1 is 1.07 bits per heavy atom. The zero-order chi connectivity index (χ0) is 20.5. The van der Waals surface area contributed by atoms with Gasteiger partial charge in [0.25, 0.3) is 0 Å². The van der Waals surface area contributed by atoms with E-state index < -0.39 is 9.84 Å². The highest BCUT2D eigenvalue weighted by Crippen LogP contribution is 2.32. The molecule has 3 aromatic carbocycles. The molecular formula is C23H25NO3S. The zero-order valence-electron chi connectivity index (χ0n) is 16.2. The molecule has 28 heavy (non-hydrogen) atoms. The number of phenolic OH excluding ortho intramolecular Hbond substituents is 1. The maximum atomic E-state index is 13.1. The van der Waals surface area contributed by atoms with Gasteiger partial charge in [-0.1, -0.05) is 29.8 Å². The Labute approximate surface area is 166 Å². The van der Waals surface area contributed by atoms with Crippen molar-refractivity contribution >= 4 is 26.3 Å². The molecule has 3 rings (SSSR count). The van der Waals surface area contributed by atoms with Gasteiger partial charge in [-0.25, -0.2) is 8.42 Å². The summed E-state index contributed by atoms with van der Waals surface area (Å²) in [4.78, 5) is 0.238. The number of nitrogen functional groups attached to an aromatic ring is 1. The molecule has 0 radical (unpaired) electrons. The van der Waals surface area contributed by atoms with Crippen LogP contribution in [0.1, 0.15) is 30.0 Å². The third-order valence-electron chi connectivity index (χ3n) is 5.01. The van der Waals surface area contributed by atoms with Crippen LogP contribution in [0.4, 0.5) is 5.69 Å². The van der Waals surface area contributed by atoms with Crippen LogP contribution in [0.25, 0.3) is 10.8 Å². The minimum Gasteiger partial charge on any atom is -0.508 e. The van der Waals surface area contributed by atoms with Crippen LogP contribution in [-0.4, -0.2) is 13.5 Å². The third-order valence-corrected chi connectivity index (χ3v) is 6.68. The molecule has 0 spiro atoms. The largest absolute Gasteiger partial charge is 0.508 e. The Morgan fingerprint density at radius 3 is 2.43 bits per heavy atom. The van der Waals surface area contributed by atoms with E-state index in [-0.39, 0.29) is 16.4 Å². The fraction of sp³-hybridized carbons (Fsp3) is 0.217. The first kappa shape index (κ1) is 20.0. The van der Waals surface area contributed by atoms with Gasteiger partial charge in [0, 0.05) is 5.69 Å². The summed E-state index contributed by atoms with van der Waals surface area (Å²) in [5.74, 6) is -0.0890. The molecule has 146 valence electrons. The first-order chi connectivity index (χ1) is 13.2. The molecule has 0 aliphatic rings. The van der Waals surface area contributed by atoms with Crippen molar-refractivity contribution in [1.29, 1.82) is 0 Å². The number of sulfone groups is 1. The van der Waals surface area contributed by atoms with Gasteiger partial charge in [0.05, 0.1) is 10.6 Å². The summed E-state index contributed by atoms with van der Waals surface area (Å²) < 4.78 is 26.2. The Morgan fingerprint density at radius 2 is 1.75 bits per heavy atom. The summed E-state index contributed by atoms with van der Waals surface area (Å²) in [7, 11) is -3.60. The number of rotatable bonds is 6. The van der Waals surface area contributed by atoms with Gasteiger partial charge in [-0.05, 0) is 78.4 Å². The maximum Gasteiger partial charge on any atom is 0.182 e. The maximum absolute atomic E-state index is 13.1. The van der Waals surface area contributed by atoms with E-state index in [9.17, 15) is 13.5 Å². The lowest BCUT2D eigenvalue weighted by Crippen LogP contribution is -2.07. The van der Waals surface area contributed by atoms with E-state index >= 15 is 0 Å². The molecule has 0 aliphatic heterocycles. The predicted molar refractivity (Wildman–Crippen MR) is 115 cm³/mol.